The molecule has 2 heterocycles. The van der Waals surface area contributed by atoms with Crippen LogP contribution in [-0.2, 0) is 4.79 Å². The van der Waals surface area contributed by atoms with Crippen molar-refractivity contribution in [2.24, 2.45) is 0 Å². The fraction of sp³-hybridized carbons (Fsp3) is 0.533. The largest absolute Gasteiger partial charge is 0.406 e. The average molecular weight is 344 g/mol. The average Bonchev–Trinajstić information content (AvgIpc) is 2.76. The van der Waals surface area contributed by atoms with Gasteiger partial charge >= 0.3 is 6.18 Å². The van der Waals surface area contributed by atoms with E-state index in [2.05, 4.69) is 15.6 Å². The molecule has 9 heteroatoms. The highest BCUT2D eigenvalue weighted by Gasteiger charge is 2.38. The summed E-state index contributed by atoms with van der Waals surface area (Å²) in [7, 11) is 0. The molecule has 1 fully saturated rings. The Balaban J connectivity index is 2.02. The van der Waals surface area contributed by atoms with Crippen LogP contribution in [0.4, 0.5) is 19.0 Å². The molecule has 0 unspecified atom stereocenters. The molecule has 1 aromatic rings. The number of amides is 2. The Morgan fingerprint density at radius 2 is 2.17 bits per heavy atom. The maximum absolute atomic E-state index is 12.4. The first-order valence-corrected chi connectivity index (χ1v) is 7.52. The van der Waals surface area contributed by atoms with Gasteiger partial charge < -0.3 is 15.5 Å². The molecule has 0 radical (unpaired) electrons. The van der Waals surface area contributed by atoms with Gasteiger partial charge in [-0.2, -0.15) is 13.2 Å². The molecule has 132 valence electrons. The lowest BCUT2D eigenvalue weighted by molar-refractivity contribution is -0.157. The van der Waals surface area contributed by atoms with E-state index in [4.69, 9.17) is 0 Å². The molecule has 0 bridgehead atoms. The van der Waals surface area contributed by atoms with E-state index < -0.39 is 30.6 Å². The second-order valence-corrected chi connectivity index (χ2v) is 5.96. The molecule has 1 saturated heterocycles. The molecular formula is C15H19F3N4O2. The Morgan fingerprint density at radius 1 is 1.46 bits per heavy atom. The monoisotopic (exact) mass is 344 g/mol. The van der Waals surface area contributed by atoms with E-state index in [1.54, 1.807) is 12.1 Å². The number of hydrogen-bond donors (Lipinski definition) is 2. The van der Waals surface area contributed by atoms with Gasteiger partial charge in [-0.05, 0) is 26.0 Å². The van der Waals surface area contributed by atoms with E-state index in [0.29, 0.717) is 10.7 Å². The van der Waals surface area contributed by atoms with E-state index >= 15 is 0 Å². The molecule has 1 atom stereocenters. The highest BCUT2D eigenvalue weighted by Crippen LogP contribution is 2.21. The van der Waals surface area contributed by atoms with Crippen molar-refractivity contribution in [3.8, 4) is 0 Å². The maximum atomic E-state index is 12.4. The number of carbonyl (C=O) groups is 2. The molecule has 6 nitrogen and oxygen atoms in total. The summed E-state index contributed by atoms with van der Waals surface area (Å²) in [5, 5.41) is 5.64. The van der Waals surface area contributed by atoms with Crippen molar-refractivity contribution < 1.29 is 22.8 Å². The number of pyridine rings is 1. The fourth-order valence-electron chi connectivity index (χ4n) is 2.48. The van der Waals surface area contributed by atoms with Gasteiger partial charge in [-0.25, -0.2) is 4.98 Å². The minimum absolute atomic E-state index is 0.0572. The van der Waals surface area contributed by atoms with Crippen molar-refractivity contribution in [2.75, 3.05) is 18.4 Å². The molecule has 1 aliphatic heterocycles. The molecule has 2 rings (SSSR count). The summed E-state index contributed by atoms with van der Waals surface area (Å²) in [6, 6.07) is 2.56. The standard InChI is InChI=1S/C15H19F3N4O2/c1-9(2)20-13-11(4-3-5-19-13)14(24)21-10-6-12(23)22(7-10)8-15(16,17)18/h3-5,9-10H,6-8H2,1-2H3,(H,19,20)(H,21,24)/t10-/m1/s1. The first-order valence-electron chi connectivity index (χ1n) is 7.52. The van der Waals surface area contributed by atoms with Crippen LogP contribution in [0.5, 0.6) is 0 Å². The van der Waals surface area contributed by atoms with Gasteiger partial charge in [0, 0.05) is 25.2 Å². The summed E-state index contributed by atoms with van der Waals surface area (Å²) in [5.74, 6) is -0.705. The van der Waals surface area contributed by atoms with Gasteiger partial charge in [-0.1, -0.05) is 0 Å². The van der Waals surface area contributed by atoms with Crippen molar-refractivity contribution in [3.63, 3.8) is 0 Å². The minimum Gasteiger partial charge on any atom is -0.367 e. The molecule has 2 amide bonds. The molecule has 1 aromatic heterocycles. The number of likely N-dealkylation sites (tertiary alicyclic amines) is 1. The smallest absolute Gasteiger partial charge is 0.367 e. The molecule has 0 aromatic carbocycles. The van der Waals surface area contributed by atoms with Crippen LogP contribution in [0.15, 0.2) is 18.3 Å². The van der Waals surface area contributed by atoms with Crippen molar-refractivity contribution in [1.82, 2.24) is 15.2 Å². The van der Waals surface area contributed by atoms with Crippen molar-refractivity contribution in [3.05, 3.63) is 23.9 Å². The quantitative estimate of drug-likeness (QED) is 0.854. The van der Waals surface area contributed by atoms with Crippen LogP contribution in [0.3, 0.4) is 0 Å². The van der Waals surface area contributed by atoms with Crippen LogP contribution in [0.1, 0.15) is 30.6 Å². The zero-order valence-corrected chi connectivity index (χ0v) is 13.4. The molecule has 0 aliphatic carbocycles. The summed E-state index contributed by atoms with van der Waals surface area (Å²) in [5.41, 5.74) is 0.285. The highest BCUT2D eigenvalue weighted by atomic mass is 19.4. The van der Waals surface area contributed by atoms with Gasteiger partial charge in [0.25, 0.3) is 5.91 Å². The Bertz CT molecular complexity index is 619. The van der Waals surface area contributed by atoms with Crippen molar-refractivity contribution in [1.29, 1.82) is 0 Å². The number of rotatable bonds is 5. The van der Waals surface area contributed by atoms with E-state index in [0.717, 1.165) is 0 Å². The van der Waals surface area contributed by atoms with Crippen molar-refractivity contribution in [2.45, 2.75) is 38.5 Å². The van der Waals surface area contributed by atoms with Crippen LogP contribution in [0.2, 0.25) is 0 Å². The molecule has 24 heavy (non-hydrogen) atoms. The van der Waals surface area contributed by atoms with Gasteiger partial charge in [0.05, 0.1) is 11.6 Å². The predicted molar refractivity (Wildman–Crippen MR) is 81.5 cm³/mol. The SMILES string of the molecule is CC(C)Nc1ncccc1C(=O)N[C@@H]1CC(=O)N(CC(F)(F)F)C1. The fourth-order valence-corrected chi connectivity index (χ4v) is 2.48. The molecular weight excluding hydrogens is 325 g/mol. The zero-order chi connectivity index (χ0) is 17.9. The lowest BCUT2D eigenvalue weighted by Gasteiger charge is -2.19. The topological polar surface area (TPSA) is 74.3 Å². The lowest BCUT2D eigenvalue weighted by Crippen LogP contribution is -2.40. The normalized spacial score (nSPS) is 18.2. The third kappa shape index (κ3) is 4.84. The first-order chi connectivity index (χ1) is 11.2. The highest BCUT2D eigenvalue weighted by molar-refractivity contribution is 5.99. The third-order valence-electron chi connectivity index (χ3n) is 3.40. The summed E-state index contributed by atoms with van der Waals surface area (Å²) in [4.78, 5) is 28.8. The third-order valence-corrected chi connectivity index (χ3v) is 3.40. The number of hydrogen-bond acceptors (Lipinski definition) is 4. The maximum Gasteiger partial charge on any atom is 0.406 e. The molecule has 1 aliphatic rings. The van der Waals surface area contributed by atoms with Crippen LogP contribution >= 0.6 is 0 Å². The minimum atomic E-state index is -4.45. The summed E-state index contributed by atoms with van der Waals surface area (Å²) in [6.07, 6.45) is -3.06. The van der Waals surface area contributed by atoms with Crippen molar-refractivity contribution >= 4 is 17.6 Å². The number of halogens is 3. The Morgan fingerprint density at radius 3 is 2.79 bits per heavy atom. The summed E-state index contributed by atoms with van der Waals surface area (Å²) in [6.45, 7) is 2.32. The number of aromatic nitrogens is 1. The van der Waals surface area contributed by atoms with Gasteiger partial charge in [0.1, 0.15) is 12.4 Å². The van der Waals surface area contributed by atoms with Crippen LogP contribution < -0.4 is 10.6 Å². The second kappa shape index (κ2) is 7.06. The van der Waals surface area contributed by atoms with Crippen LogP contribution in [0.25, 0.3) is 0 Å². The number of nitrogens with one attached hydrogen (secondary N) is 2. The Kier molecular flexibility index (Phi) is 5.30. The van der Waals surface area contributed by atoms with Gasteiger partial charge in [-0.15, -0.1) is 0 Å². The summed E-state index contributed by atoms with van der Waals surface area (Å²) >= 11 is 0. The number of anilines is 1. The van der Waals surface area contributed by atoms with Crippen LogP contribution in [-0.4, -0.2) is 53.0 Å². The zero-order valence-electron chi connectivity index (χ0n) is 13.4. The second-order valence-electron chi connectivity index (χ2n) is 5.96. The Hall–Kier alpha value is -2.32. The molecule has 2 N–H and O–H groups in total. The van der Waals surface area contributed by atoms with Gasteiger partial charge in [0.15, 0.2) is 0 Å². The van der Waals surface area contributed by atoms with E-state index in [1.165, 1.54) is 6.20 Å². The van der Waals surface area contributed by atoms with Gasteiger partial charge in [0.2, 0.25) is 5.91 Å². The van der Waals surface area contributed by atoms with Crippen LogP contribution in [0, 0.1) is 0 Å². The molecule has 0 spiro atoms. The van der Waals surface area contributed by atoms with Gasteiger partial charge in [-0.3, -0.25) is 9.59 Å². The Labute approximate surface area is 137 Å². The molecule has 0 saturated carbocycles. The number of nitrogens with zero attached hydrogens (tertiary/aromatic N) is 2. The lowest BCUT2D eigenvalue weighted by atomic mass is 10.2. The van der Waals surface area contributed by atoms with E-state index in [1.807, 2.05) is 13.8 Å². The predicted octanol–water partition coefficient (Wildman–Crippen LogP) is 1.79. The van der Waals surface area contributed by atoms with E-state index in [9.17, 15) is 22.8 Å². The number of alkyl halides is 3. The summed E-state index contributed by atoms with van der Waals surface area (Å²) < 4.78 is 37.2. The number of carbonyl (C=O) groups excluding carboxylic acids is 2. The van der Waals surface area contributed by atoms with E-state index in [-0.39, 0.29) is 24.6 Å². The first kappa shape index (κ1) is 18.0.